The van der Waals surface area contributed by atoms with Crippen LogP contribution in [0.1, 0.15) is 103 Å². The first-order chi connectivity index (χ1) is 17.9. The van der Waals surface area contributed by atoms with Gasteiger partial charge in [-0.25, -0.2) is 0 Å². The number of carbonyl (C=O) groups excluding carboxylic acids is 2. The first-order valence-electron chi connectivity index (χ1n) is 13.2. The minimum absolute atomic E-state index is 0. The van der Waals surface area contributed by atoms with Crippen LogP contribution in [0.4, 0.5) is 0 Å². The standard InChI is InChI=1S/2C12H20.2CHO.4CO.2Fe/c2*1-2-6-10-9(5-1)11-7-3-4-8-12(10)11;6*1-2;;/h2*9-12H,1-8H2;2*1H;;;;;;/q;;2*-1;;;;;;+2. The Labute approximate surface area is 251 Å². The minimum atomic E-state index is 0. The van der Waals surface area contributed by atoms with Gasteiger partial charge in [0, 0.05) is 17.1 Å². The van der Waals surface area contributed by atoms with Crippen LogP contribution in [0.25, 0.3) is 0 Å². The number of hydrogen-bond acceptors (Lipinski definition) is 2. The molecule has 6 aliphatic carbocycles. The summed E-state index contributed by atoms with van der Waals surface area (Å²) in [5.41, 5.74) is 0. The quantitative estimate of drug-likeness (QED) is 0.135. The summed E-state index contributed by atoms with van der Waals surface area (Å²) in [6.07, 6.45) is 25.1. The summed E-state index contributed by atoms with van der Waals surface area (Å²) in [6, 6.07) is 0. The van der Waals surface area contributed by atoms with E-state index in [-0.39, 0.29) is 34.1 Å². The maximum Gasteiger partial charge on any atom is 2.00 e. The van der Waals surface area contributed by atoms with Gasteiger partial charge >= 0.3 is 62.3 Å². The van der Waals surface area contributed by atoms with Gasteiger partial charge < -0.3 is 9.59 Å². The minimum Gasteiger partial charge on any atom is -0.545 e. The Bertz CT molecular complexity index is 475. The monoisotopic (exact) mass is 610 g/mol. The second-order valence-corrected chi connectivity index (χ2v) is 10.4. The van der Waals surface area contributed by atoms with Gasteiger partial charge in [-0.15, -0.1) is 0 Å². The van der Waals surface area contributed by atoms with Crippen LogP contribution in [0.2, 0.25) is 0 Å². The molecule has 6 rings (SSSR count). The Balaban J connectivity index is -0.000000211. The molecule has 0 aromatic heterocycles. The van der Waals surface area contributed by atoms with Crippen molar-refractivity contribution in [2.75, 3.05) is 0 Å². The van der Waals surface area contributed by atoms with Gasteiger partial charge in [-0.1, -0.05) is 51.4 Å². The van der Waals surface area contributed by atoms with Crippen molar-refractivity contribution in [2.45, 2.75) is 103 Å². The van der Waals surface area contributed by atoms with Crippen LogP contribution in [0.5, 0.6) is 0 Å². The van der Waals surface area contributed by atoms with Crippen LogP contribution in [0.3, 0.4) is 0 Å². The van der Waals surface area contributed by atoms with E-state index in [2.05, 4.69) is 40.2 Å². The van der Waals surface area contributed by atoms with Crippen molar-refractivity contribution in [3.63, 3.8) is 0 Å². The van der Waals surface area contributed by atoms with Gasteiger partial charge in [0.2, 0.25) is 0 Å². The average Bonchev–Trinajstić information content (AvgIpc) is 3.01. The van der Waals surface area contributed by atoms with E-state index >= 15 is 0 Å². The summed E-state index contributed by atoms with van der Waals surface area (Å²) in [5, 5.41) is 0. The van der Waals surface area contributed by atoms with Gasteiger partial charge in [-0.3, -0.25) is 13.6 Å². The summed E-state index contributed by atoms with van der Waals surface area (Å²) in [7, 11) is 0. The van der Waals surface area contributed by atoms with Crippen LogP contribution in [0, 0.1) is 73.9 Å². The Morgan fingerprint density at radius 1 is 0.342 bits per heavy atom. The number of hydrogen-bond donors (Lipinski definition) is 0. The van der Waals surface area contributed by atoms with Crippen molar-refractivity contribution >= 4 is 13.6 Å². The maximum absolute atomic E-state index is 7.75. The summed E-state index contributed by atoms with van der Waals surface area (Å²) < 4.78 is 30.0. The number of fused-ring (bicyclic) bond motifs is 8. The van der Waals surface area contributed by atoms with Crippen LogP contribution in [-0.4, -0.2) is 13.6 Å². The Morgan fingerprint density at radius 2 is 0.421 bits per heavy atom. The smallest absolute Gasteiger partial charge is 0.545 e. The SMILES string of the molecule is C1CCC2C(C1)C1CCCCC21.C1CCC2C(C1)C1CCCCC21.[C-]#[O+].[C-]#[O+].[C-]#[O+].[C-]#[O+].[CH-]=O.[CH-]=O.[Fe+2].[Fe]. The van der Waals surface area contributed by atoms with E-state index < -0.39 is 0 Å². The molecule has 0 aromatic rings. The summed E-state index contributed by atoms with van der Waals surface area (Å²) in [6.45, 7) is 24.5. The van der Waals surface area contributed by atoms with Gasteiger partial charge in [0.25, 0.3) is 0 Å². The normalized spacial score (nSPS) is 33.3. The molecule has 0 saturated heterocycles. The largest absolute Gasteiger partial charge is 2.00 e. The van der Waals surface area contributed by atoms with Crippen LogP contribution < -0.4 is 0 Å². The molecule has 214 valence electrons. The van der Waals surface area contributed by atoms with Gasteiger partial charge in [0.15, 0.2) is 0 Å². The van der Waals surface area contributed by atoms with E-state index in [1.807, 2.05) is 0 Å². The molecule has 0 unspecified atom stereocenters. The zero-order chi connectivity index (χ0) is 27.9. The molecule has 0 radical (unpaired) electrons. The average molecular weight is 610 g/mol. The molecule has 6 fully saturated rings. The third-order valence-electron chi connectivity index (χ3n) is 9.70. The van der Waals surface area contributed by atoms with Crippen molar-refractivity contribution in [2.24, 2.45) is 47.3 Å². The first-order valence-corrected chi connectivity index (χ1v) is 13.2. The summed E-state index contributed by atoms with van der Waals surface area (Å²) in [4.78, 5) is 15.5. The fourth-order valence-corrected chi connectivity index (χ4v) is 8.71. The molecule has 8 heteroatoms. The fourth-order valence-electron chi connectivity index (χ4n) is 8.71. The number of rotatable bonds is 0. The first kappa shape index (κ1) is 44.4. The Kier molecular flexibility index (Phi) is 34.2. The predicted octanol–water partition coefficient (Wildman–Crippen LogP) is 6.52. The Hall–Kier alpha value is -0.661. The van der Waals surface area contributed by atoms with Gasteiger partial charge in [0.1, 0.15) is 0 Å². The van der Waals surface area contributed by atoms with Crippen LogP contribution in [0.15, 0.2) is 0 Å². The van der Waals surface area contributed by atoms with E-state index in [1.54, 1.807) is 103 Å². The van der Waals surface area contributed by atoms with E-state index in [9.17, 15) is 0 Å². The molecule has 0 heterocycles. The predicted molar refractivity (Wildman–Crippen MR) is 131 cm³/mol. The van der Waals surface area contributed by atoms with Crippen molar-refractivity contribution in [3.05, 3.63) is 26.6 Å². The van der Waals surface area contributed by atoms with E-state index in [4.69, 9.17) is 28.2 Å². The molecule has 0 aromatic carbocycles. The van der Waals surface area contributed by atoms with Crippen molar-refractivity contribution < 1.29 is 62.3 Å². The van der Waals surface area contributed by atoms with Crippen LogP contribution in [-0.2, 0) is 62.3 Å². The fraction of sp³-hybridized carbons (Fsp3) is 0.800. The molecule has 38 heavy (non-hydrogen) atoms. The van der Waals surface area contributed by atoms with E-state index in [0.29, 0.717) is 0 Å². The molecule has 6 nitrogen and oxygen atoms in total. The van der Waals surface area contributed by atoms with E-state index in [0.717, 1.165) is 0 Å². The third kappa shape index (κ3) is 11.8. The molecule has 0 amide bonds. The second kappa shape index (κ2) is 29.3. The summed E-state index contributed by atoms with van der Waals surface area (Å²) in [5.74, 6) is 9.59. The zero-order valence-corrected chi connectivity index (χ0v) is 24.5. The molecule has 6 aliphatic rings. The van der Waals surface area contributed by atoms with Crippen LogP contribution >= 0.6 is 0 Å². The van der Waals surface area contributed by atoms with Gasteiger partial charge in [0.05, 0.1) is 0 Å². The molecule has 0 spiro atoms. The second-order valence-electron chi connectivity index (χ2n) is 10.4. The topological polar surface area (TPSA) is 114 Å². The molecule has 0 bridgehead atoms. The zero-order valence-electron chi connectivity index (χ0n) is 22.2. The van der Waals surface area contributed by atoms with E-state index in [1.165, 1.54) is 47.3 Å². The Morgan fingerprint density at radius 3 is 0.500 bits per heavy atom. The molecular formula is C30H42Fe2O6. The maximum atomic E-state index is 7.75. The van der Waals surface area contributed by atoms with Crippen molar-refractivity contribution in [1.82, 2.24) is 0 Å². The molecular weight excluding hydrogens is 568 g/mol. The van der Waals surface area contributed by atoms with Gasteiger partial charge in [-0.2, -0.15) is 0 Å². The van der Waals surface area contributed by atoms with Crippen molar-refractivity contribution in [1.29, 1.82) is 0 Å². The van der Waals surface area contributed by atoms with Gasteiger partial charge in [-0.05, 0) is 98.7 Å². The summed E-state index contributed by atoms with van der Waals surface area (Å²) >= 11 is 0. The third-order valence-corrected chi connectivity index (χ3v) is 9.70. The molecule has 0 aliphatic heterocycles. The molecule has 0 atom stereocenters. The van der Waals surface area contributed by atoms with Crippen molar-refractivity contribution in [3.8, 4) is 0 Å². The molecule has 6 saturated carbocycles. The molecule has 0 N–H and O–H groups in total.